The van der Waals surface area contributed by atoms with E-state index in [0.29, 0.717) is 5.92 Å². The van der Waals surface area contributed by atoms with Crippen molar-refractivity contribution >= 4 is 0 Å². The number of methoxy groups -OCH3 is 1. The van der Waals surface area contributed by atoms with Crippen molar-refractivity contribution < 1.29 is 9.47 Å². The molecule has 2 heteroatoms. The minimum absolute atomic E-state index is 0.100. The van der Waals surface area contributed by atoms with E-state index in [1.165, 1.54) is 19.3 Å². The van der Waals surface area contributed by atoms with Crippen LogP contribution < -0.4 is 9.47 Å². The van der Waals surface area contributed by atoms with E-state index in [1.807, 2.05) is 30.5 Å². The molecule has 110 valence electrons. The van der Waals surface area contributed by atoms with Gasteiger partial charge in [-0.1, -0.05) is 18.2 Å². The highest BCUT2D eigenvalue weighted by molar-refractivity contribution is 5.32. The Bertz CT molecular complexity index is 555. The van der Waals surface area contributed by atoms with Crippen LogP contribution in [0.25, 0.3) is 0 Å². The lowest BCUT2D eigenvalue weighted by atomic mass is 9.59. The van der Waals surface area contributed by atoms with Crippen LogP contribution in [0.4, 0.5) is 0 Å². The molecule has 1 saturated carbocycles. The summed E-state index contributed by atoms with van der Waals surface area (Å²) in [5.74, 6) is 2.93. The van der Waals surface area contributed by atoms with Gasteiger partial charge in [0.15, 0.2) is 0 Å². The Morgan fingerprint density at radius 1 is 1.24 bits per heavy atom. The van der Waals surface area contributed by atoms with E-state index in [9.17, 15) is 0 Å². The third-order valence-electron chi connectivity index (χ3n) is 4.80. The van der Waals surface area contributed by atoms with Gasteiger partial charge in [0.25, 0.3) is 0 Å². The molecule has 0 unspecified atom stereocenters. The predicted molar refractivity (Wildman–Crippen MR) is 85.4 cm³/mol. The van der Waals surface area contributed by atoms with Gasteiger partial charge in [-0.15, -0.1) is 6.58 Å². The number of hydrogen-bond donors (Lipinski definition) is 0. The van der Waals surface area contributed by atoms with E-state index < -0.39 is 0 Å². The van der Waals surface area contributed by atoms with Gasteiger partial charge in [0.2, 0.25) is 0 Å². The number of hydrogen-bond acceptors (Lipinski definition) is 2. The van der Waals surface area contributed by atoms with Gasteiger partial charge in [0, 0.05) is 5.41 Å². The summed E-state index contributed by atoms with van der Waals surface area (Å²) in [7, 11) is 1.66. The molecule has 3 aliphatic carbocycles. The fraction of sp³-hybridized carbons (Fsp3) is 0.368. The Kier molecular flexibility index (Phi) is 3.87. The van der Waals surface area contributed by atoms with Crippen molar-refractivity contribution in [3.05, 3.63) is 61.4 Å². The number of allylic oxidation sites excluding steroid dienone is 4. The molecule has 2 bridgehead atoms. The molecule has 0 spiro atoms. The summed E-state index contributed by atoms with van der Waals surface area (Å²) in [5.41, 5.74) is 0.100. The van der Waals surface area contributed by atoms with E-state index >= 15 is 0 Å². The van der Waals surface area contributed by atoms with E-state index in [2.05, 4.69) is 30.9 Å². The second-order valence-electron chi connectivity index (χ2n) is 5.94. The molecule has 3 atom stereocenters. The highest BCUT2D eigenvalue weighted by atomic mass is 16.5. The highest BCUT2D eigenvalue weighted by Crippen LogP contribution is 2.51. The van der Waals surface area contributed by atoms with Crippen LogP contribution in [0.3, 0.4) is 0 Å². The lowest BCUT2D eigenvalue weighted by Gasteiger charge is -2.45. The molecular formula is C19H22O2. The van der Waals surface area contributed by atoms with Crippen molar-refractivity contribution in [3.63, 3.8) is 0 Å². The lowest BCUT2D eigenvalue weighted by Crippen LogP contribution is -2.36. The van der Waals surface area contributed by atoms with Crippen LogP contribution in [-0.4, -0.2) is 7.11 Å². The van der Waals surface area contributed by atoms with Crippen molar-refractivity contribution in [2.75, 3.05) is 7.11 Å². The molecule has 0 saturated heterocycles. The molecule has 0 aromatic heterocycles. The van der Waals surface area contributed by atoms with Crippen LogP contribution in [0.2, 0.25) is 0 Å². The molecular weight excluding hydrogens is 260 g/mol. The third-order valence-corrected chi connectivity index (χ3v) is 4.80. The summed E-state index contributed by atoms with van der Waals surface area (Å²) < 4.78 is 10.9. The Balaban J connectivity index is 1.70. The second kappa shape index (κ2) is 5.80. The van der Waals surface area contributed by atoms with Gasteiger partial charge in [-0.25, -0.2) is 0 Å². The molecule has 21 heavy (non-hydrogen) atoms. The number of benzene rings is 1. The van der Waals surface area contributed by atoms with Crippen molar-refractivity contribution in [2.24, 2.45) is 17.3 Å². The average Bonchev–Trinajstić information content (AvgIpc) is 2.56. The normalized spacial score (nSPS) is 30.5. The van der Waals surface area contributed by atoms with Gasteiger partial charge < -0.3 is 9.47 Å². The second-order valence-corrected chi connectivity index (χ2v) is 5.94. The molecule has 0 amide bonds. The molecule has 1 aromatic rings. The van der Waals surface area contributed by atoms with Crippen LogP contribution in [0, 0.1) is 17.3 Å². The van der Waals surface area contributed by atoms with E-state index in [-0.39, 0.29) is 5.41 Å². The number of rotatable bonds is 5. The molecule has 1 aromatic carbocycles. The molecule has 0 N–H and O–H groups in total. The SMILES string of the molecule is C=C[C@@H]1C[C@H]2C=C[C@@]1(/C=C\Oc1ccc(OC)cc1)CC2. The molecule has 2 nitrogen and oxygen atoms in total. The topological polar surface area (TPSA) is 18.5 Å². The first-order valence-electron chi connectivity index (χ1n) is 7.56. The fourth-order valence-corrected chi connectivity index (χ4v) is 3.45. The summed E-state index contributed by atoms with van der Waals surface area (Å²) in [6, 6.07) is 7.64. The zero-order valence-corrected chi connectivity index (χ0v) is 12.5. The quantitative estimate of drug-likeness (QED) is 0.573. The molecule has 0 heterocycles. The molecule has 4 rings (SSSR count). The molecule has 0 aliphatic heterocycles. The first kappa shape index (κ1) is 14.0. The predicted octanol–water partition coefficient (Wildman–Crippen LogP) is 4.75. The van der Waals surface area contributed by atoms with Crippen LogP contribution in [-0.2, 0) is 0 Å². The standard InChI is InChI=1S/C19H22O2/c1-3-16-14-15-8-10-19(16,11-9-15)12-13-21-18-6-4-17(20-2)5-7-18/h3-8,10,12-13,15-16H,1,9,11,14H2,2H3/b13-12-/t15-,16+,19-/m0/s1. The fourth-order valence-electron chi connectivity index (χ4n) is 3.45. The first-order valence-corrected chi connectivity index (χ1v) is 7.56. The number of fused-ring (bicyclic) bond motifs is 2. The summed E-state index contributed by atoms with van der Waals surface area (Å²) >= 11 is 0. The summed E-state index contributed by atoms with van der Waals surface area (Å²) in [5, 5.41) is 0. The van der Waals surface area contributed by atoms with E-state index in [4.69, 9.17) is 9.47 Å². The van der Waals surface area contributed by atoms with E-state index in [0.717, 1.165) is 17.4 Å². The molecule has 0 radical (unpaired) electrons. The average molecular weight is 282 g/mol. The zero-order chi connectivity index (χ0) is 14.7. The summed E-state index contributed by atoms with van der Waals surface area (Å²) in [6.45, 7) is 4.01. The van der Waals surface area contributed by atoms with Crippen molar-refractivity contribution in [1.29, 1.82) is 0 Å². The van der Waals surface area contributed by atoms with E-state index in [1.54, 1.807) is 7.11 Å². The van der Waals surface area contributed by atoms with Crippen molar-refractivity contribution in [3.8, 4) is 11.5 Å². The maximum absolute atomic E-state index is 5.74. The number of ether oxygens (including phenoxy) is 2. The van der Waals surface area contributed by atoms with Crippen LogP contribution in [0.1, 0.15) is 19.3 Å². The van der Waals surface area contributed by atoms with Gasteiger partial charge in [-0.2, -0.15) is 0 Å². The van der Waals surface area contributed by atoms with Crippen molar-refractivity contribution in [2.45, 2.75) is 19.3 Å². The highest BCUT2D eigenvalue weighted by Gasteiger charge is 2.41. The third kappa shape index (κ3) is 2.76. The van der Waals surface area contributed by atoms with Gasteiger partial charge in [0.1, 0.15) is 11.5 Å². The lowest BCUT2D eigenvalue weighted by molar-refractivity contribution is 0.189. The monoisotopic (exact) mass is 282 g/mol. The Morgan fingerprint density at radius 2 is 2.00 bits per heavy atom. The van der Waals surface area contributed by atoms with Gasteiger partial charge in [-0.05, 0) is 61.4 Å². The maximum atomic E-state index is 5.74. The molecule has 3 aliphatic rings. The van der Waals surface area contributed by atoms with Crippen molar-refractivity contribution in [1.82, 2.24) is 0 Å². The Morgan fingerprint density at radius 3 is 2.62 bits per heavy atom. The van der Waals surface area contributed by atoms with Gasteiger partial charge >= 0.3 is 0 Å². The van der Waals surface area contributed by atoms with Gasteiger partial charge in [-0.3, -0.25) is 0 Å². The maximum Gasteiger partial charge on any atom is 0.126 e. The van der Waals surface area contributed by atoms with Crippen LogP contribution in [0.15, 0.2) is 61.4 Å². The smallest absolute Gasteiger partial charge is 0.126 e. The Hall–Kier alpha value is -1.96. The summed E-state index contributed by atoms with van der Waals surface area (Å²) in [4.78, 5) is 0. The van der Waals surface area contributed by atoms with Gasteiger partial charge in [0.05, 0.1) is 13.4 Å². The Labute approximate surface area is 126 Å². The minimum Gasteiger partial charge on any atom is -0.497 e. The van der Waals surface area contributed by atoms with Crippen LogP contribution in [0.5, 0.6) is 11.5 Å². The van der Waals surface area contributed by atoms with Crippen LogP contribution >= 0.6 is 0 Å². The minimum atomic E-state index is 0.100. The molecule has 1 fully saturated rings. The zero-order valence-electron chi connectivity index (χ0n) is 12.5. The first-order chi connectivity index (χ1) is 10.3. The summed E-state index contributed by atoms with van der Waals surface area (Å²) in [6.07, 6.45) is 14.5. The largest absolute Gasteiger partial charge is 0.497 e.